The highest BCUT2D eigenvalue weighted by Crippen LogP contribution is 2.15. The molecule has 0 saturated carbocycles. The molecule has 0 aliphatic carbocycles. The van der Waals surface area contributed by atoms with Crippen molar-refractivity contribution in [2.24, 2.45) is 0 Å². The van der Waals surface area contributed by atoms with Gasteiger partial charge in [-0.05, 0) is 38.0 Å². The first kappa shape index (κ1) is 10.1. The number of hydrogen-bond donors (Lipinski definition) is 0. The molecule has 0 aromatic rings. The molecule has 0 spiro atoms. The molecule has 0 atom stereocenters. The fourth-order valence-electron chi connectivity index (χ4n) is 0.621. The molecule has 0 saturated heterocycles. The van der Waals surface area contributed by atoms with Gasteiger partial charge in [-0.15, -0.1) is 0 Å². The summed E-state index contributed by atoms with van der Waals surface area (Å²) < 4.78 is 24.6. The van der Waals surface area contributed by atoms with Crippen molar-refractivity contribution in [3.05, 3.63) is 35.5 Å². The van der Waals surface area contributed by atoms with Crippen LogP contribution in [0.2, 0.25) is 0 Å². The standard InChI is InChI=1S/C9H12F2/c1-6(5-7(2)10)8(3)9(4)11/h5H,4H2,1-3H3/b7-5+,8-6-. The second-order valence-corrected chi connectivity index (χ2v) is 2.44. The molecule has 0 rings (SSSR count). The zero-order valence-corrected chi connectivity index (χ0v) is 7.04. The van der Waals surface area contributed by atoms with E-state index in [1.165, 1.54) is 13.0 Å². The van der Waals surface area contributed by atoms with Crippen molar-refractivity contribution in [1.29, 1.82) is 0 Å². The van der Waals surface area contributed by atoms with Crippen LogP contribution >= 0.6 is 0 Å². The molecule has 11 heavy (non-hydrogen) atoms. The van der Waals surface area contributed by atoms with Gasteiger partial charge in [0.15, 0.2) is 0 Å². The van der Waals surface area contributed by atoms with Crippen LogP contribution in [0, 0.1) is 0 Å². The van der Waals surface area contributed by atoms with Gasteiger partial charge in [0.2, 0.25) is 0 Å². The van der Waals surface area contributed by atoms with Crippen molar-refractivity contribution < 1.29 is 8.78 Å². The zero-order valence-electron chi connectivity index (χ0n) is 7.04. The predicted octanol–water partition coefficient (Wildman–Crippen LogP) is 3.68. The van der Waals surface area contributed by atoms with Crippen LogP contribution < -0.4 is 0 Å². The van der Waals surface area contributed by atoms with Gasteiger partial charge < -0.3 is 0 Å². The number of rotatable bonds is 2. The van der Waals surface area contributed by atoms with Crippen LogP contribution in [0.4, 0.5) is 8.78 Å². The highest BCUT2D eigenvalue weighted by molar-refractivity contribution is 5.32. The van der Waals surface area contributed by atoms with Gasteiger partial charge in [-0.2, -0.15) is 0 Å². The topological polar surface area (TPSA) is 0 Å². The van der Waals surface area contributed by atoms with Crippen molar-refractivity contribution >= 4 is 0 Å². The maximum Gasteiger partial charge on any atom is 0.119 e. The largest absolute Gasteiger partial charge is 0.212 e. The maximum atomic E-state index is 12.4. The van der Waals surface area contributed by atoms with E-state index in [0.717, 1.165) is 0 Å². The minimum Gasteiger partial charge on any atom is -0.212 e. The van der Waals surface area contributed by atoms with Gasteiger partial charge in [0.05, 0.1) is 5.83 Å². The molecule has 0 unspecified atom stereocenters. The Morgan fingerprint density at radius 1 is 1.18 bits per heavy atom. The molecule has 62 valence electrons. The molecule has 0 aromatic heterocycles. The molecule has 0 nitrogen and oxygen atoms in total. The lowest BCUT2D eigenvalue weighted by molar-refractivity contribution is 0.637. The third kappa shape index (κ3) is 3.71. The maximum absolute atomic E-state index is 12.4. The fourth-order valence-corrected chi connectivity index (χ4v) is 0.621. The first-order valence-corrected chi connectivity index (χ1v) is 3.31. The Morgan fingerprint density at radius 3 is 1.91 bits per heavy atom. The average molecular weight is 158 g/mol. The number of halogens is 2. The molecule has 0 amide bonds. The third-order valence-electron chi connectivity index (χ3n) is 1.41. The molecule has 0 aliphatic rings. The SMILES string of the molecule is C=C(F)/C(C)=C(C)\C=C(/C)F. The van der Waals surface area contributed by atoms with E-state index < -0.39 is 5.83 Å². The quantitative estimate of drug-likeness (QED) is 0.538. The summed E-state index contributed by atoms with van der Waals surface area (Å²) >= 11 is 0. The van der Waals surface area contributed by atoms with Crippen molar-refractivity contribution in [2.45, 2.75) is 20.8 Å². The Kier molecular flexibility index (Phi) is 3.72. The molecule has 0 fully saturated rings. The summed E-state index contributed by atoms with van der Waals surface area (Å²) in [6.45, 7) is 7.63. The van der Waals surface area contributed by atoms with Crippen LogP contribution in [0.15, 0.2) is 35.5 Å². The van der Waals surface area contributed by atoms with E-state index in [1.807, 2.05) is 0 Å². The lowest BCUT2D eigenvalue weighted by atomic mass is 10.1. The van der Waals surface area contributed by atoms with Crippen LogP contribution in [0.3, 0.4) is 0 Å². The van der Waals surface area contributed by atoms with Crippen molar-refractivity contribution in [1.82, 2.24) is 0 Å². The van der Waals surface area contributed by atoms with E-state index >= 15 is 0 Å². The van der Waals surface area contributed by atoms with Gasteiger partial charge in [-0.25, -0.2) is 8.78 Å². The normalized spacial score (nSPS) is 14.5. The van der Waals surface area contributed by atoms with Gasteiger partial charge in [0.25, 0.3) is 0 Å². The van der Waals surface area contributed by atoms with Crippen LogP contribution in [-0.4, -0.2) is 0 Å². The van der Waals surface area contributed by atoms with Crippen molar-refractivity contribution in [3.63, 3.8) is 0 Å². The Morgan fingerprint density at radius 2 is 1.64 bits per heavy atom. The summed E-state index contributed by atoms with van der Waals surface area (Å²) in [4.78, 5) is 0. The summed E-state index contributed by atoms with van der Waals surface area (Å²) in [5.41, 5.74) is 0.958. The van der Waals surface area contributed by atoms with E-state index in [0.29, 0.717) is 11.1 Å². The molecule has 0 aliphatic heterocycles. The predicted molar refractivity (Wildman–Crippen MR) is 43.5 cm³/mol. The molecule has 0 radical (unpaired) electrons. The van der Waals surface area contributed by atoms with E-state index in [2.05, 4.69) is 6.58 Å². The van der Waals surface area contributed by atoms with Gasteiger partial charge in [0.1, 0.15) is 5.83 Å². The van der Waals surface area contributed by atoms with Crippen LogP contribution in [0.5, 0.6) is 0 Å². The zero-order chi connectivity index (χ0) is 9.02. The van der Waals surface area contributed by atoms with Gasteiger partial charge in [-0.3, -0.25) is 0 Å². The van der Waals surface area contributed by atoms with Crippen LogP contribution in [-0.2, 0) is 0 Å². The van der Waals surface area contributed by atoms with Crippen molar-refractivity contribution in [3.8, 4) is 0 Å². The van der Waals surface area contributed by atoms with E-state index in [9.17, 15) is 8.78 Å². The highest BCUT2D eigenvalue weighted by Gasteiger charge is 1.97. The number of hydrogen-bond acceptors (Lipinski definition) is 0. The average Bonchev–Trinajstić information content (AvgIpc) is 1.84. The molecule has 0 aromatic carbocycles. The minimum atomic E-state index is -0.514. The molecular formula is C9H12F2. The summed E-state index contributed by atoms with van der Waals surface area (Å²) in [5, 5.41) is 0. The summed E-state index contributed by atoms with van der Waals surface area (Å²) in [5.74, 6) is -0.844. The Hall–Kier alpha value is -0.920. The van der Waals surface area contributed by atoms with Gasteiger partial charge in [-0.1, -0.05) is 6.58 Å². The van der Waals surface area contributed by atoms with Crippen molar-refractivity contribution in [2.75, 3.05) is 0 Å². The van der Waals surface area contributed by atoms with Crippen LogP contribution in [0.1, 0.15) is 20.8 Å². The lowest BCUT2D eigenvalue weighted by Crippen LogP contribution is -1.81. The molecular weight excluding hydrogens is 146 g/mol. The molecule has 0 heterocycles. The van der Waals surface area contributed by atoms with E-state index in [1.54, 1.807) is 13.8 Å². The number of allylic oxidation sites excluding steroid dienone is 5. The first-order valence-electron chi connectivity index (χ1n) is 3.31. The first-order chi connectivity index (χ1) is 4.95. The molecule has 0 N–H and O–H groups in total. The smallest absolute Gasteiger partial charge is 0.119 e. The van der Waals surface area contributed by atoms with E-state index in [4.69, 9.17) is 0 Å². The highest BCUT2D eigenvalue weighted by atomic mass is 19.1. The third-order valence-corrected chi connectivity index (χ3v) is 1.41. The van der Waals surface area contributed by atoms with Gasteiger partial charge >= 0.3 is 0 Å². The summed E-state index contributed by atoms with van der Waals surface area (Å²) in [7, 11) is 0. The second-order valence-electron chi connectivity index (χ2n) is 2.44. The minimum absolute atomic E-state index is 0.330. The molecule has 0 bridgehead atoms. The Balaban J connectivity index is 4.68. The second kappa shape index (κ2) is 4.06. The van der Waals surface area contributed by atoms with E-state index in [-0.39, 0.29) is 5.83 Å². The van der Waals surface area contributed by atoms with Crippen LogP contribution in [0.25, 0.3) is 0 Å². The molecule has 2 heteroatoms. The Labute approximate surface area is 65.9 Å². The lowest BCUT2D eigenvalue weighted by Gasteiger charge is -1.98. The Bertz CT molecular complexity index is 218. The monoisotopic (exact) mass is 158 g/mol. The summed E-state index contributed by atoms with van der Waals surface area (Å²) in [6, 6.07) is 0. The summed E-state index contributed by atoms with van der Waals surface area (Å²) in [6.07, 6.45) is 1.28. The fraction of sp³-hybridized carbons (Fsp3) is 0.333. The van der Waals surface area contributed by atoms with Gasteiger partial charge in [0, 0.05) is 0 Å².